The topological polar surface area (TPSA) is 67.4 Å². The Hall–Kier alpha value is -2.05. The number of rotatable bonds is 3. The molecule has 0 aliphatic carbocycles. The number of anilines is 1. The SMILES string of the molecule is COc1ccc(S(=O)(=O)c2ccc3c(c2)C2CCNCC[C@H]2N3)cc1. The molecule has 2 aromatic carbocycles. The Balaban J connectivity index is 1.71. The molecule has 132 valence electrons. The Morgan fingerprint density at radius 2 is 1.72 bits per heavy atom. The number of ether oxygens (including phenoxy) is 1. The smallest absolute Gasteiger partial charge is 0.206 e. The number of hydrogen-bond acceptors (Lipinski definition) is 5. The van der Waals surface area contributed by atoms with Crippen LogP contribution in [0.5, 0.6) is 5.75 Å². The van der Waals surface area contributed by atoms with Gasteiger partial charge in [-0.2, -0.15) is 0 Å². The summed E-state index contributed by atoms with van der Waals surface area (Å²) < 4.78 is 31.1. The quantitative estimate of drug-likeness (QED) is 0.883. The monoisotopic (exact) mass is 358 g/mol. The second-order valence-corrected chi connectivity index (χ2v) is 8.56. The van der Waals surface area contributed by atoms with Gasteiger partial charge in [0, 0.05) is 17.6 Å². The lowest BCUT2D eigenvalue weighted by molar-refractivity contribution is 0.414. The predicted octanol–water partition coefficient (Wildman–Crippen LogP) is 2.79. The van der Waals surface area contributed by atoms with Gasteiger partial charge < -0.3 is 15.4 Å². The second kappa shape index (κ2) is 6.35. The highest BCUT2D eigenvalue weighted by Crippen LogP contribution is 2.41. The Bertz CT molecular complexity index is 878. The molecule has 0 amide bonds. The highest BCUT2D eigenvalue weighted by molar-refractivity contribution is 7.91. The zero-order valence-corrected chi connectivity index (χ0v) is 15.0. The van der Waals surface area contributed by atoms with Crippen LogP contribution in [0.25, 0.3) is 0 Å². The van der Waals surface area contributed by atoms with Crippen LogP contribution in [-0.4, -0.2) is 34.7 Å². The maximum Gasteiger partial charge on any atom is 0.206 e. The number of hydrogen-bond donors (Lipinski definition) is 2. The lowest BCUT2D eigenvalue weighted by Crippen LogP contribution is -2.21. The van der Waals surface area contributed by atoms with Crippen molar-refractivity contribution in [2.75, 3.05) is 25.5 Å². The lowest BCUT2D eigenvalue weighted by atomic mass is 9.91. The lowest BCUT2D eigenvalue weighted by Gasteiger charge is -2.16. The highest BCUT2D eigenvalue weighted by Gasteiger charge is 2.34. The van der Waals surface area contributed by atoms with Gasteiger partial charge >= 0.3 is 0 Å². The molecule has 0 spiro atoms. The molecule has 1 saturated heterocycles. The molecule has 1 unspecified atom stereocenters. The van der Waals surface area contributed by atoms with Gasteiger partial charge in [0.15, 0.2) is 0 Å². The van der Waals surface area contributed by atoms with E-state index in [1.807, 2.05) is 12.1 Å². The van der Waals surface area contributed by atoms with E-state index in [-0.39, 0.29) is 0 Å². The van der Waals surface area contributed by atoms with Crippen molar-refractivity contribution < 1.29 is 13.2 Å². The minimum Gasteiger partial charge on any atom is -0.497 e. The van der Waals surface area contributed by atoms with Crippen molar-refractivity contribution in [3.8, 4) is 5.75 Å². The van der Waals surface area contributed by atoms with E-state index >= 15 is 0 Å². The van der Waals surface area contributed by atoms with Crippen molar-refractivity contribution in [1.29, 1.82) is 0 Å². The van der Waals surface area contributed by atoms with Crippen LogP contribution in [0.2, 0.25) is 0 Å². The first kappa shape index (κ1) is 16.4. The summed E-state index contributed by atoms with van der Waals surface area (Å²) in [7, 11) is -1.97. The third-order valence-corrected chi connectivity index (χ3v) is 6.96. The van der Waals surface area contributed by atoms with E-state index in [1.165, 1.54) is 0 Å². The summed E-state index contributed by atoms with van der Waals surface area (Å²) in [4.78, 5) is 0.648. The van der Waals surface area contributed by atoms with Gasteiger partial charge in [-0.25, -0.2) is 8.42 Å². The fourth-order valence-electron chi connectivity index (χ4n) is 3.82. The molecule has 2 heterocycles. The maximum absolute atomic E-state index is 13.0. The minimum absolute atomic E-state index is 0.290. The molecule has 2 aromatic rings. The molecule has 25 heavy (non-hydrogen) atoms. The number of benzene rings is 2. The molecule has 2 aliphatic rings. The summed E-state index contributed by atoms with van der Waals surface area (Å²) >= 11 is 0. The van der Waals surface area contributed by atoms with Crippen molar-refractivity contribution in [2.45, 2.75) is 34.6 Å². The van der Waals surface area contributed by atoms with E-state index in [1.54, 1.807) is 37.4 Å². The van der Waals surface area contributed by atoms with Crippen LogP contribution in [0.1, 0.15) is 24.3 Å². The summed E-state index contributed by atoms with van der Waals surface area (Å²) in [5, 5.41) is 6.98. The van der Waals surface area contributed by atoms with E-state index in [0.29, 0.717) is 27.5 Å². The first-order chi connectivity index (χ1) is 12.1. The van der Waals surface area contributed by atoms with Crippen molar-refractivity contribution in [2.24, 2.45) is 0 Å². The van der Waals surface area contributed by atoms with E-state index in [4.69, 9.17) is 4.74 Å². The molecule has 0 saturated carbocycles. The van der Waals surface area contributed by atoms with E-state index in [2.05, 4.69) is 10.6 Å². The van der Waals surface area contributed by atoms with Crippen molar-refractivity contribution >= 4 is 15.5 Å². The Morgan fingerprint density at radius 1 is 1.00 bits per heavy atom. The summed E-state index contributed by atoms with van der Waals surface area (Å²) in [5.74, 6) is 1.02. The van der Waals surface area contributed by atoms with Crippen LogP contribution in [0.15, 0.2) is 52.3 Å². The first-order valence-corrected chi connectivity index (χ1v) is 10.1. The summed E-state index contributed by atoms with van der Waals surface area (Å²) in [5.41, 5.74) is 2.20. The van der Waals surface area contributed by atoms with Gasteiger partial charge in [0.2, 0.25) is 9.84 Å². The highest BCUT2D eigenvalue weighted by atomic mass is 32.2. The van der Waals surface area contributed by atoms with Gasteiger partial charge in [-0.05, 0) is 74.0 Å². The van der Waals surface area contributed by atoms with Crippen LogP contribution < -0.4 is 15.4 Å². The first-order valence-electron chi connectivity index (χ1n) is 8.60. The Morgan fingerprint density at radius 3 is 2.48 bits per heavy atom. The number of sulfone groups is 1. The van der Waals surface area contributed by atoms with E-state index in [9.17, 15) is 8.42 Å². The Kier molecular flexibility index (Phi) is 4.17. The van der Waals surface area contributed by atoms with Crippen LogP contribution in [-0.2, 0) is 9.84 Å². The Labute approximate surface area is 148 Å². The molecule has 1 fully saturated rings. The number of methoxy groups -OCH3 is 1. The van der Waals surface area contributed by atoms with E-state index in [0.717, 1.165) is 37.2 Å². The predicted molar refractivity (Wildman–Crippen MR) is 97.1 cm³/mol. The minimum atomic E-state index is -3.53. The molecular weight excluding hydrogens is 336 g/mol. The van der Waals surface area contributed by atoms with Crippen LogP contribution in [0.4, 0.5) is 5.69 Å². The van der Waals surface area contributed by atoms with Crippen molar-refractivity contribution in [3.05, 3.63) is 48.0 Å². The fourth-order valence-corrected chi connectivity index (χ4v) is 5.12. The molecule has 0 aromatic heterocycles. The molecule has 2 aliphatic heterocycles. The van der Waals surface area contributed by atoms with Gasteiger partial charge in [0.05, 0.1) is 16.9 Å². The standard InChI is InChI=1S/C19H22N2O3S/c1-24-13-2-4-14(5-3-13)25(22,23)15-6-7-18-17(12-15)16-8-10-20-11-9-19(16)21-18/h2-7,12,16,19-21H,8-11H2,1H3/t16?,19-/m1/s1. The molecule has 2 N–H and O–H groups in total. The van der Waals surface area contributed by atoms with Crippen LogP contribution in [0.3, 0.4) is 0 Å². The third-order valence-electron chi connectivity index (χ3n) is 5.19. The fraction of sp³-hybridized carbons (Fsp3) is 0.368. The molecule has 6 heteroatoms. The largest absolute Gasteiger partial charge is 0.497 e. The van der Waals surface area contributed by atoms with Gasteiger partial charge in [-0.1, -0.05) is 0 Å². The molecule has 0 radical (unpaired) electrons. The van der Waals surface area contributed by atoms with Gasteiger partial charge in [-0.15, -0.1) is 0 Å². The molecule has 5 nitrogen and oxygen atoms in total. The van der Waals surface area contributed by atoms with Crippen molar-refractivity contribution in [3.63, 3.8) is 0 Å². The number of fused-ring (bicyclic) bond motifs is 3. The van der Waals surface area contributed by atoms with Gasteiger partial charge in [0.25, 0.3) is 0 Å². The maximum atomic E-state index is 13.0. The molecular formula is C19H22N2O3S. The molecule has 0 bridgehead atoms. The summed E-state index contributed by atoms with van der Waals surface area (Å²) in [6.07, 6.45) is 2.08. The molecule has 4 rings (SSSR count). The normalized spacial score (nSPS) is 22.4. The van der Waals surface area contributed by atoms with Gasteiger partial charge in [-0.3, -0.25) is 0 Å². The third kappa shape index (κ3) is 2.89. The summed E-state index contributed by atoms with van der Waals surface area (Å²) in [6, 6.07) is 12.4. The molecule has 2 atom stereocenters. The zero-order chi connectivity index (χ0) is 17.4. The average molecular weight is 358 g/mol. The second-order valence-electron chi connectivity index (χ2n) is 6.61. The zero-order valence-electron chi connectivity index (χ0n) is 14.2. The average Bonchev–Trinajstić information content (AvgIpc) is 2.82. The van der Waals surface area contributed by atoms with E-state index < -0.39 is 9.84 Å². The van der Waals surface area contributed by atoms with Crippen molar-refractivity contribution in [1.82, 2.24) is 5.32 Å². The van der Waals surface area contributed by atoms with Crippen LogP contribution >= 0.6 is 0 Å². The summed E-state index contributed by atoms with van der Waals surface area (Å²) in [6.45, 7) is 1.97. The van der Waals surface area contributed by atoms with Gasteiger partial charge in [0.1, 0.15) is 5.75 Å². The van der Waals surface area contributed by atoms with Crippen LogP contribution in [0, 0.1) is 0 Å². The number of nitrogens with one attached hydrogen (secondary N) is 2.